The number of ether oxygens (including phenoxy) is 1. The number of benzene rings is 2. The summed E-state index contributed by atoms with van der Waals surface area (Å²) in [5.74, 6) is 0.257. The van der Waals surface area contributed by atoms with Crippen LogP contribution in [0.2, 0.25) is 0 Å². The Kier molecular flexibility index (Phi) is 6.43. The number of fused-ring (bicyclic) bond motifs is 2. The molecule has 4 rings (SSSR count). The average molecular weight is 448 g/mol. The summed E-state index contributed by atoms with van der Waals surface area (Å²) >= 11 is 0. The molecule has 170 valence electrons. The molecule has 33 heavy (non-hydrogen) atoms. The molecule has 2 heterocycles. The summed E-state index contributed by atoms with van der Waals surface area (Å²) < 4.78 is 5.78. The molecule has 2 aromatic carbocycles. The molecule has 3 aromatic rings. The molecule has 2 bridgehead atoms. The van der Waals surface area contributed by atoms with E-state index in [0.717, 1.165) is 11.1 Å². The number of nitrogens with zero attached hydrogens (tertiary/aromatic N) is 3. The number of hydrogen-bond donors (Lipinski definition) is 3. The second kappa shape index (κ2) is 9.60. The lowest BCUT2D eigenvalue weighted by molar-refractivity contribution is -0.128. The van der Waals surface area contributed by atoms with Crippen LogP contribution in [0.25, 0.3) is 10.9 Å². The van der Waals surface area contributed by atoms with Gasteiger partial charge in [0.25, 0.3) is 0 Å². The molecule has 0 unspecified atom stereocenters. The van der Waals surface area contributed by atoms with Crippen LogP contribution in [0.4, 0.5) is 17.2 Å². The van der Waals surface area contributed by atoms with Gasteiger partial charge in [0.1, 0.15) is 23.9 Å². The predicted octanol–water partition coefficient (Wildman–Crippen LogP) is 3.03. The van der Waals surface area contributed by atoms with Crippen LogP contribution in [0.15, 0.2) is 41.8 Å². The van der Waals surface area contributed by atoms with Crippen LogP contribution in [-0.2, 0) is 16.0 Å². The van der Waals surface area contributed by atoms with Gasteiger partial charge in [0.2, 0.25) is 11.8 Å². The Morgan fingerprint density at radius 1 is 1.15 bits per heavy atom. The number of nitrogens with one attached hydrogen (secondary N) is 3. The standard InChI is InChI=1S/C23H24N6O4/c1-13-4-5-15-9-21(30)27-14(2)23(31)24-6-3-7-33-20-10-16-18(11-19(20)29-32)25-12-26-22(16)28-17(15)8-13/h4-5,8,10-12,14H,3,6-7,9H2,1-2H3,(H,24,31)(H,27,30)(H,25,26,28)/t14-/m0/s1. The van der Waals surface area contributed by atoms with Crippen molar-refractivity contribution in [1.82, 2.24) is 20.6 Å². The molecule has 10 nitrogen and oxygen atoms in total. The molecule has 2 amide bonds. The van der Waals surface area contributed by atoms with Crippen molar-refractivity contribution in [2.45, 2.75) is 32.7 Å². The highest BCUT2D eigenvalue weighted by atomic mass is 16.5. The number of hydrogen-bond acceptors (Lipinski definition) is 8. The van der Waals surface area contributed by atoms with Crippen molar-refractivity contribution < 1.29 is 14.3 Å². The molecule has 1 aromatic heterocycles. The number of nitroso groups, excluding NO2 is 1. The van der Waals surface area contributed by atoms with Crippen molar-refractivity contribution in [3.63, 3.8) is 0 Å². The zero-order valence-electron chi connectivity index (χ0n) is 18.3. The summed E-state index contributed by atoms with van der Waals surface area (Å²) in [6.45, 7) is 4.20. The molecule has 0 saturated carbocycles. The third-order valence-electron chi connectivity index (χ3n) is 5.33. The van der Waals surface area contributed by atoms with E-state index < -0.39 is 6.04 Å². The number of anilines is 2. The molecule has 1 atom stereocenters. The Balaban J connectivity index is 1.79. The minimum Gasteiger partial charge on any atom is -0.491 e. The molecule has 0 spiro atoms. The van der Waals surface area contributed by atoms with Crippen LogP contribution in [0.3, 0.4) is 0 Å². The van der Waals surface area contributed by atoms with Gasteiger partial charge in [-0.1, -0.05) is 12.1 Å². The number of rotatable bonds is 1. The lowest BCUT2D eigenvalue weighted by atomic mass is 10.1. The fourth-order valence-electron chi connectivity index (χ4n) is 3.60. The van der Waals surface area contributed by atoms with Crippen molar-refractivity contribution in [3.8, 4) is 5.75 Å². The summed E-state index contributed by atoms with van der Waals surface area (Å²) in [6, 6.07) is 8.24. The van der Waals surface area contributed by atoms with E-state index in [1.165, 1.54) is 6.33 Å². The minimum absolute atomic E-state index is 0.0802. The van der Waals surface area contributed by atoms with Gasteiger partial charge in [0, 0.05) is 17.6 Å². The van der Waals surface area contributed by atoms with Gasteiger partial charge in [-0.3, -0.25) is 9.59 Å². The Bertz CT molecular complexity index is 1230. The smallest absolute Gasteiger partial charge is 0.242 e. The summed E-state index contributed by atoms with van der Waals surface area (Å²) in [5.41, 5.74) is 3.10. The first-order chi connectivity index (χ1) is 15.9. The molecule has 10 heteroatoms. The maximum absolute atomic E-state index is 12.6. The highest BCUT2D eigenvalue weighted by Crippen LogP contribution is 2.35. The number of aryl methyl sites for hydroxylation is 1. The average Bonchev–Trinajstić information content (AvgIpc) is 2.79. The van der Waals surface area contributed by atoms with Crippen LogP contribution < -0.4 is 20.7 Å². The maximum atomic E-state index is 12.6. The van der Waals surface area contributed by atoms with Gasteiger partial charge >= 0.3 is 0 Å². The third-order valence-corrected chi connectivity index (χ3v) is 5.33. The van der Waals surface area contributed by atoms with Crippen LogP contribution in [0, 0.1) is 11.8 Å². The first-order valence-corrected chi connectivity index (χ1v) is 10.6. The first-order valence-electron chi connectivity index (χ1n) is 10.6. The predicted molar refractivity (Wildman–Crippen MR) is 124 cm³/mol. The van der Waals surface area contributed by atoms with Gasteiger partial charge < -0.3 is 20.7 Å². The Hall–Kier alpha value is -4.08. The van der Waals surface area contributed by atoms with E-state index >= 15 is 0 Å². The van der Waals surface area contributed by atoms with Gasteiger partial charge in [0.15, 0.2) is 5.69 Å². The van der Waals surface area contributed by atoms with Crippen LogP contribution >= 0.6 is 0 Å². The number of carbonyl (C=O) groups is 2. The molecule has 0 radical (unpaired) electrons. The third kappa shape index (κ3) is 5.05. The molecule has 1 aliphatic heterocycles. The zero-order chi connectivity index (χ0) is 23.4. The number of carbonyl (C=O) groups excluding carboxylic acids is 2. The van der Waals surface area contributed by atoms with Crippen molar-refractivity contribution >= 4 is 39.9 Å². The summed E-state index contributed by atoms with van der Waals surface area (Å²) in [7, 11) is 0. The fourth-order valence-corrected chi connectivity index (χ4v) is 3.60. The Morgan fingerprint density at radius 3 is 2.82 bits per heavy atom. The largest absolute Gasteiger partial charge is 0.491 e. The van der Waals surface area contributed by atoms with Crippen LogP contribution in [0.1, 0.15) is 24.5 Å². The quantitative estimate of drug-likeness (QED) is 0.487. The molecule has 0 aliphatic carbocycles. The lowest BCUT2D eigenvalue weighted by Gasteiger charge is -2.16. The topological polar surface area (TPSA) is 135 Å². The maximum Gasteiger partial charge on any atom is 0.242 e. The molecule has 3 N–H and O–H groups in total. The van der Waals surface area contributed by atoms with Gasteiger partial charge in [-0.15, -0.1) is 4.91 Å². The highest BCUT2D eigenvalue weighted by molar-refractivity contribution is 5.95. The van der Waals surface area contributed by atoms with E-state index in [4.69, 9.17) is 4.74 Å². The van der Waals surface area contributed by atoms with Gasteiger partial charge in [-0.25, -0.2) is 9.97 Å². The van der Waals surface area contributed by atoms with Crippen molar-refractivity contribution in [2.75, 3.05) is 18.5 Å². The second-order valence-corrected chi connectivity index (χ2v) is 7.90. The summed E-state index contributed by atoms with van der Waals surface area (Å²) in [5, 5.41) is 12.5. The van der Waals surface area contributed by atoms with Crippen molar-refractivity contribution in [1.29, 1.82) is 0 Å². The van der Waals surface area contributed by atoms with E-state index in [2.05, 4.69) is 31.1 Å². The first kappa shape index (κ1) is 22.1. The lowest BCUT2D eigenvalue weighted by Crippen LogP contribution is -2.45. The monoisotopic (exact) mass is 448 g/mol. The van der Waals surface area contributed by atoms with E-state index in [-0.39, 0.29) is 30.5 Å². The SMILES string of the molecule is Cc1ccc2c(c1)Nc1ncnc3cc(N=O)c(cc13)OCCCNC(=O)[C@H](C)NC(=O)C2. The van der Waals surface area contributed by atoms with Crippen molar-refractivity contribution in [3.05, 3.63) is 52.7 Å². The molecular weight excluding hydrogens is 424 g/mol. The van der Waals surface area contributed by atoms with Gasteiger partial charge in [0.05, 0.1) is 18.5 Å². The van der Waals surface area contributed by atoms with E-state index in [0.29, 0.717) is 41.1 Å². The van der Waals surface area contributed by atoms with Gasteiger partial charge in [-0.05, 0) is 54.8 Å². The Labute approximate surface area is 190 Å². The van der Waals surface area contributed by atoms with Gasteiger partial charge in [-0.2, -0.15) is 0 Å². The summed E-state index contributed by atoms with van der Waals surface area (Å²) in [4.78, 5) is 44.9. The minimum atomic E-state index is -0.682. The molecule has 1 aliphatic rings. The molecule has 0 saturated heterocycles. The van der Waals surface area contributed by atoms with Crippen LogP contribution in [-0.4, -0.2) is 41.0 Å². The second-order valence-electron chi connectivity index (χ2n) is 7.90. The molecule has 0 fully saturated rings. The molecular formula is C23H24N6O4. The van der Waals surface area contributed by atoms with Crippen LogP contribution in [0.5, 0.6) is 5.75 Å². The highest BCUT2D eigenvalue weighted by Gasteiger charge is 2.18. The summed E-state index contributed by atoms with van der Waals surface area (Å²) in [6.07, 6.45) is 1.98. The van der Waals surface area contributed by atoms with Crippen molar-refractivity contribution in [2.24, 2.45) is 5.18 Å². The fraction of sp³-hybridized carbons (Fsp3) is 0.304. The zero-order valence-corrected chi connectivity index (χ0v) is 18.3. The van der Waals surface area contributed by atoms with E-state index in [1.807, 2.05) is 25.1 Å². The number of amides is 2. The van der Waals surface area contributed by atoms with E-state index in [9.17, 15) is 14.5 Å². The normalized spacial score (nSPS) is 17.2. The van der Waals surface area contributed by atoms with E-state index in [1.54, 1.807) is 19.1 Å². The number of aromatic nitrogens is 2. The Morgan fingerprint density at radius 2 is 2.00 bits per heavy atom.